The summed E-state index contributed by atoms with van der Waals surface area (Å²) in [7, 11) is 0. The standard InChI is InChI=1S/C13H7F3O/c14-10-6-9(7-11(15)12(10)16)13(17)8-4-2-1-3-5-8/h1-7H. The Hall–Kier alpha value is -2.10. The third kappa shape index (κ3) is 2.20. The Kier molecular flexibility index (Phi) is 2.95. The van der Waals surface area contributed by atoms with Crippen LogP contribution in [-0.4, -0.2) is 5.78 Å². The van der Waals surface area contributed by atoms with Crippen molar-refractivity contribution in [3.63, 3.8) is 0 Å². The number of carbonyl (C=O) groups is 1. The number of benzene rings is 2. The van der Waals surface area contributed by atoms with Crippen LogP contribution < -0.4 is 0 Å². The SMILES string of the molecule is O=C(c1ccccc1)c1cc(F)c(F)c(F)c1. The molecular weight excluding hydrogens is 229 g/mol. The summed E-state index contributed by atoms with van der Waals surface area (Å²) in [4.78, 5) is 11.8. The van der Waals surface area contributed by atoms with Gasteiger partial charge in [0.05, 0.1) is 0 Å². The van der Waals surface area contributed by atoms with Gasteiger partial charge in [0.1, 0.15) is 0 Å². The molecule has 0 saturated heterocycles. The topological polar surface area (TPSA) is 17.1 Å². The van der Waals surface area contributed by atoms with E-state index in [1.54, 1.807) is 18.2 Å². The summed E-state index contributed by atoms with van der Waals surface area (Å²) >= 11 is 0. The number of carbonyl (C=O) groups excluding carboxylic acids is 1. The molecule has 0 spiro atoms. The minimum Gasteiger partial charge on any atom is -0.289 e. The van der Waals surface area contributed by atoms with Crippen molar-refractivity contribution in [1.29, 1.82) is 0 Å². The van der Waals surface area contributed by atoms with E-state index in [0.29, 0.717) is 12.1 Å². The van der Waals surface area contributed by atoms with Crippen molar-refractivity contribution in [3.8, 4) is 0 Å². The molecule has 2 aromatic rings. The summed E-state index contributed by atoms with van der Waals surface area (Å²) in [6, 6.07) is 9.38. The lowest BCUT2D eigenvalue weighted by Gasteiger charge is -2.02. The van der Waals surface area contributed by atoms with Gasteiger partial charge in [0.2, 0.25) is 0 Å². The van der Waals surface area contributed by atoms with Gasteiger partial charge in [0.25, 0.3) is 0 Å². The van der Waals surface area contributed by atoms with Gasteiger partial charge in [-0.3, -0.25) is 4.79 Å². The Bertz CT molecular complexity index is 541. The van der Waals surface area contributed by atoms with Crippen LogP contribution in [0.1, 0.15) is 15.9 Å². The lowest BCUT2D eigenvalue weighted by Crippen LogP contribution is -2.04. The number of hydrogen-bond acceptors (Lipinski definition) is 1. The maximum Gasteiger partial charge on any atom is 0.194 e. The van der Waals surface area contributed by atoms with E-state index in [-0.39, 0.29) is 11.1 Å². The first-order chi connectivity index (χ1) is 8.09. The second-order valence-corrected chi connectivity index (χ2v) is 3.45. The zero-order chi connectivity index (χ0) is 12.4. The van der Waals surface area contributed by atoms with E-state index < -0.39 is 23.2 Å². The van der Waals surface area contributed by atoms with Crippen LogP contribution in [0, 0.1) is 17.5 Å². The molecule has 86 valence electrons. The average Bonchev–Trinajstić information content (AvgIpc) is 2.35. The molecule has 17 heavy (non-hydrogen) atoms. The molecule has 0 aliphatic heterocycles. The summed E-state index contributed by atoms with van der Waals surface area (Å²) < 4.78 is 38.6. The molecule has 0 atom stereocenters. The third-order valence-corrected chi connectivity index (χ3v) is 2.28. The monoisotopic (exact) mass is 236 g/mol. The van der Waals surface area contributed by atoms with Crippen LogP contribution in [0.25, 0.3) is 0 Å². The highest BCUT2D eigenvalue weighted by Gasteiger charge is 2.15. The van der Waals surface area contributed by atoms with Crippen molar-refractivity contribution in [2.24, 2.45) is 0 Å². The van der Waals surface area contributed by atoms with Gasteiger partial charge in [-0.05, 0) is 12.1 Å². The summed E-state index contributed by atoms with van der Waals surface area (Å²) in [5, 5.41) is 0. The van der Waals surface area contributed by atoms with Gasteiger partial charge in [-0.2, -0.15) is 0 Å². The first kappa shape index (κ1) is 11.4. The molecule has 4 heteroatoms. The van der Waals surface area contributed by atoms with Gasteiger partial charge in [-0.1, -0.05) is 30.3 Å². The number of rotatable bonds is 2. The van der Waals surface area contributed by atoms with Crippen LogP contribution in [0.5, 0.6) is 0 Å². The Morgan fingerprint density at radius 3 is 1.88 bits per heavy atom. The average molecular weight is 236 g/mol. The molecule has 0 N–H and O–H groups in total. The van der Waals surface area contributed by atoms with Crippen molar-refractivity contribution in [3.05, 3.63) is 71.0 Å². The molecule has 0 fully saturated rings. The third-order valence-electron chi connectivity index (χ3n) is 2.28. The lowest BCUT2D eigenvalue weighted by atomic mass is 10.0. The summed E-state index contributed by atoms with van der Waals surface area (Å²) in [6.45, 7) is 0. The molecule has 0 bridgehead atoms. The van der Waals surface area contributed by atoms with Gasteiger partial charge in [-0.15, -0.1) is 0 Å². The zero-order valence-electron chi connectivity index (χ0n) is 8.58. The summed E-state index contributed by atoms with van der Waals surface area (Å²) in [5.74, 6) is -4.87. The molecule has 0 aliphatic carbocycles. The number of hydrogen-bond donors (Lipinski definition) is 0. The van der Waals surface area contributed by atoms with Crippen molar-refractivity contribution < 1.29 is 18.0 Å². The molecule has 2 aromatic carbocycles. The van der Waals surface area contributed by atoms with Crippen LogP contribution >= 0.6 is 0 Å². The predicted molar refractivity (Wildman–Crippen MR) is 56.2 cm³/mol. The quantitative estimate of drug-likeness (QED) is 0.577. The highest BCUT2D eigenvalue weighted by Crippen LogP contribution is 2.16. The van der Waals surface area contributed by atoms with Gasteiger partial charge >= 0.3 is 0 Å². The first-order valence-corrected chi connectivity index (χ1v) is 4.84. The largest absolute Gasteiger partial charge is 0.289 e. The van der Waals surface area contributed by atoms with Crippen molar-refractivity contribution in [1.82, 2.24) is 0 Å². The molecule has 0 saturated carbocycles. The molecule has 0 radical (unpaired) electrons. The Morgan fingerprint density at radius 1 is 0.824 bits per heavy atom. The minimum absolute atomic E-state index is 0.215. The van der Waals surface area contributed by atoms with E-state index in [2.05, 4.69) is 0 Å². The van der Waals surface area contributed by atoms with Crippen molar-refractivity contribution in [2.45, 2.75) is 0 Å². The van der Waals surface area contributed by atoms with E-state index in [0.717, 1.165) is 0 Å². The van der Waals surface area contributed by atoms with Gasteiger partial charge in [0, 0.05) is 11.1 Å². The molecule has 0 unspecified atom stereocenters. The maximum atomic E-state index is 12.9. The van der Waals surface area contributed by atoms with E-state index in [4.69, 9.17) is 0 Å². The van der Waals surface area contributed by atoms with E-state index in [9.17, 15) is 18.0 Å². The predicted octanol–water partition coefficient (Wildman–Crippen LogP) is 3.33. The molecule has 0 heterocycles. The molecule has 0 aromatic heterocycles. The van der Waals surface area contributed by atoms with Crippen LogP contribution in [-0.2, 0) is 0 Å². The maximum absolute atomic E-state index is 12.9. The second kappa shape index (κ2) is 4.41. The Labute approximate surface area is 95.5 Å². The van der Waals surface area contributed by atoms with E-state index in [1.807, 2.05) is 0 Å². The van der Waals surface area contributed by atoms with Crippen molar-refractivity contribution >= 4 is 5.78 Å². The van der Waals surface area contributed by atoms with Gasteiger partial charge < -0.3 is 0 Å². The van der Waals surface area contributed by atoms with Crippen LogP contribution in [0.15, 0.2) is 42.5 Å². The van der Waals surface area contributed by atoms with Gasteiger partial charge in [0.15, 0.2) is 23.2 Å². The van der Waals surface area contributed by atoms with E-state index >= 15 is 0 Å². The summed E-state index contributed by atoms with van der Waals surface area (Å²) in [5.41, 5.74) is 0.0745. The number of ketones is 1. The zero-order valence-corrected chi connectivity index (χ0v) is 8.58. The highest BCUT2D eigenvalue weighted by atomic mass is 19.2. The van der Waals surface area contributed by atoms with Gasteiger partial charge in [-0.25, -0.2) is 13.2 Å². The first-order valence-electron chi connectivity index (χ1n) is 4.84. The van der Waals surface area contributed by atoms with Crippen LogP contribution in [0.4, 0.5) is 13.2 Å². The molecular formula is C13H7F3O. The Morgan fingerprint density at radius 2 is 1.35 bits per heavy atom. The fraction of sp³-hybridized carbons (Fsp3) is 0. The van der Waals surface area contributed by atoms with E-state index in [1.165, 1.54) is 12.1 Å². The smallest absolute Gasteiger partial charge is 0.194 e. The molecule has 2 rings (SSSR count). The molecule has 0 aliphatic rings. The molecule has 1 nitrogen and oxygen atoms in total. The lowest BCUT2D eigenvalue weighted by molar-refractivity contribution is 0.103. The summed E-state index contributed by atoms with van der Waals surface area (Å²) in [6.07, 6.45) is 0. The molecule has 0 amide bonds. The van der Waals surface area contributed by atoms with Crippen molar-refractivity contribution in [2.75, 3.05) is 0 Å². The normalized spacial score (nSPS) is 10.3. The van der Waals surface area contributed by atoms with Crippen LogP contribution in [0.3, 0.4) is 0 Å². The Balaban J connectivity index is 2.45. The highest BCUT2D eigenvalue weighted by molar-refractivity contribution is 6.08. The second-order valence-electron chi connectivity index (χ2n) is 3.45. The minimum atomic E-state index is -1.57. The van der Waals surface area contributed by atoms with Crippen LogP contribution in [0.2, 0.25) is 0 Å². The fourth-order valence-electron chi connectivity index (χ4n) is 1.44. The fourth-order valence-corrected chi connectivity index (χ4v) is 1.44. The number of halogens is 3.